The van der Waals surface area contributed by atoms with Crippen molar-refractivity contribution in [2.75, 3.05) is 6.54 Å². The summed E-state index contributed by atoms with van der Waals surface area (Å²) in [5.41, 5.74) is 0.464. The van der Waals surface area contributed by atoms with E-state index in [1.165, 1.54) is 23.4 Å². The number of carbonyl (C=O) groups is 1. The lowest BCUT2D eigenvalue weighted by Crippen LogP contribution is -2.38. The van der Waals surface area contributed by atoms with Crippen molar-refractivity contribution >= 4 is 11.6 Å². The summed E-state index contributed by atoms with van der Waals surface area (Å²) in [7, 11) is 0. The number of aromatic nitrogens is 3. The number of rotatable bonds is 5. The van der Waals surface area contributed by atoms with Crippen molar-refractivity contribution in [1.82, 2.24) is 19.7 Å². The third-order valence-corrected chi connectivity index (χ3v) is 4.45. The number of amides is 1. The third kappa shape index (κ3) is 2.99. The number of hydrogen-bond acceptors (Lipinski definition) is 5. The largest absolute Gasteiger partial charge is 0.336 e. The first kappa shape index (κ1) is 16.1. The minimum Gasteiger partial charge on any atom is -0.336 e. The number of hydrogen-bond donors (Lipinski definition) is 0. The molecule has 1 aliphatic carbocycles. The Balaban J connectivity index is 1.95. The van der Waals surface area contributed by atoms with Crippen LogP contribution in [0.25, 0.3) is 5.69 Å². The Morgan fingerprint density at radius 1 is 1.42 bits per heavy atom. The summed E-state index contributed by atoms with van der Waals surface area (Å²) in [4.78, 5) is 29.3. The highest BCUT2D eigenvalue weighted by Gasteiger charge is 2.28. The van der Waals surface area contributed by atoms with Gasteiger partial charge in [0.25, 0.3) is 11.6 Å². The number of carbonyl (C=O) groups excluding carboxylic acids is 1. The lowest BCUT2D eigenvalue weighted by molar-refractivity contribution is -0.384. The topological polar surface area (TPSA) is 94.2 Å². The van der Waals surface area contributed by atoms with E-state index in [0.29, 0.717) is 12.1 Å². The van der Waals surface area contributed by atoms with Gasteiger partial charge in [-0.25, -0.2) is 9.67 Å². The average molecular weight is 329 g/mol. The van der Waals surface area contributed by atoms with Crippen molar-refractivity contribution in [2.24, 2.45) is 0 Å². The first-order valence-corrected chi connectivity index (χ1v) is 8.06. The minimum absolute atomic E-state index is 0.155. The summed E-state index contributed by atoms with van der Waals surface area (Å²) < 4.78 is 1.32. The van der Waals surface area contributed by atoms with Crippen molar-refractivity contribution in [1.29, 1.82) is 0 Å². The van der Waals surface area contributed by atoms with E-state index in [-0.39, 0.29) is 23.3 Å². The molecular formula is C16H19N5O3. The zero-order valence-electron chi connectivity index (χ0n) is 13.5. The number of nitro benzene ring substituents is 1. The second kappa shape index (κ2) is 6.77. The Morgan fingerprint density at radius 2 is 2.17 bits per heavy atom. The third-order valence-electron chi connectivity index (χ3n) is 4.45. The molecule has 0 bridgehead atoms. The van der Waals surface area contributed by atoms with Crippen molar-refractivity contribution < 1.29 is 9.72 Å². The molecule has 1 aliphatic rings. The van der Waals surface area contributed by atoms with Gasteiger partial charge in [-0.3, -0.25) is 14.9 Å². The SMILES string of the molecule is CCN(C(=O)c1ccc(-n2cncn2)c([N+](=O)[O-])c1)C1CCCC1. The van der Waals surface area contributed by atoms with Crippen molar-refractivity contribution in [3.05, 3.63) is 46.5 Å². The van der Waals surface area contributed by atoms with E-state index in [1.54, 1.807) is 12.1 Å². The molecule has 0 atom stereocenters. The van der Waals surface area contributed by atoms with Gasteiger partial charge in [-0.2, -0.15) is 5.10 Å². The van der Waals surface area contributed by atoms with Crippen LogP contribution >= 0.6 is 0 Å². The fraction of sp³-hybridized carbons (Fsp3) is 0.438. The molecule has 0 N–H and O–H groups in total. The van der Waals surface area contributed by atoms with Gasteiger partial charge in [0.1, 0.15) is 18.3 Å². The van der Waals surface area contributed by atoms with Crippen molar-refractivity contribution in [2.45, 2.75) is 38.6 Å². The van der Waals surface area contributed by atoms with Crippen LogP contribution < -0.4 is 0 Å². The molecule has 2 aromatic rings. The van der Waals surface area contributed by atoms with Gasteiger partial charge in [0, 0.05) is 24.2 Å². The minimum atomic E-state index is -0.500. The zero-order valence-corrected chi connectivity index (χ0v) is 13.5. The molecule has 0 radical (unpaired) electrons. The summed E-state index contributed by atoms with van der Waals surface area (Å²) in [6, 6.07) is 4.72. The predicted octanol–water partition coefficient (Wildman–Crippen LogP) is 2.58. The molecular weight excluding hydrogens is 310 g/mol. The molecule has 0 unspecified atom stereocenters. The lowest BCUT2D eigenvalue weighted by Gasteiger charge is -2.27. The Bertz CT molecular complexity index is 738. The number of benzene rings is 1. The van der Waals surface area contributed by atoms with Crippen LogP contribution in [0.3, 0.4) is 0 Å². The maximum atomic E-state index is 12.8. The summed E-state index contributed by atoms with van der Waals surface area (Å²) in [6.07, 6.45) is 6.94. The highest BCUT2D eigenvalue weighted by atomic mass is 16.6. The Kier molecular flexibility index (Phi) is 4.54. The molecule has 0 saturated heterocycles. The van der Waals surface area contributed by atoms with E-state index in [2.05, 4.69) is 10.1 Å². The smallest absolute Gasteiger partial charge is 0.295 e. The van der Waals surface area contributed by atoms with Crippen LogP contribution in [-0.2, 0) is 0 Å². The van der Waals surface area contributed by atoms with E-state index >= 15 is 0 Å². The number of nitro groups is 1. The summed E-state index contributed by atoms with van der Waals surface area (Å²) in [5, 5.41) is 15.3. The van der Waals surface area contributed by atoms with E-state index in [1.807, 2.05) is 11.8 Å². The van der Waals surface area contributed by atoms with Crippen molar-refractivity contribution in [3.63, 3.8) is 0 Å². The molecule has 24 heavy (non-hydrogen) atoms. The molecule has 8 nitrogen and oxygen atoms in total. The molecule has 0 aliphatic heterocycles. The molecule has 126 valence electrons. The van der Waals surface area contributed by atoms with Gasteiger partial charge in [0.05, 0.1) is 4.92 Å². The van der Waals surface area contributed by atoms with Gasteiger partial charge >= 0.3 is 0 Å². The number of nitrogens with zero attached hydrogens (tertiary/aromatic N) is 5. The molecule has 1 heterocycles. The van der Waals surface area contributed by atoms with Gasteiger partial charge in [0.2, 0.25) is 0 Å². The quantitative estimate of drug-likeness (QED) is 0.621. The van der Waals surface area contributed by atoms with Gasteiger partial charge in [-0.05, 0) is 31.9 Å². The zero-order chi connectivity index (χ0) is 17.1. The van der Waals surface area contributed by atoms with Crippen LogP contribution in [-0.4, -0.2) is 43.1 Å². The molecule has 1 aromatic heterocycles. The first-order valence-electron chi connectivity index (χ1n) is 8.06. The summed E-state index contributed by atoms with van der Waals surface area (Å²) in [5.74, 6) is -0.155. The molecule has 1 fully saturated rings. The monoisotopic (exact) mass is 329 g/mol. The Morgan fingerprint density at radius 3 is 2.75 bits per heavy atom. The van der Waals surface area contributed by atoms with E-state index in [9.17, 15) is 14.9 Å². The van der Waals surface area contributed by atoms with Gasteiger partial charge < -0.3 is 4.90 Å². The Hall–Kier alpha value is -2.77. The van der Waals surface area contributed by atoms with E-state index < -0.39 is 4.92 Å². The maximum Gasteiger partial charge on any atom is 0.295 e. The van der Waals surface area contributed by atoms with Crippen LogP contribution in [0.1, 0.15) is 43.0 Å². The van der Waals surface area contributed by atoms with Crippen LogP contribution in [0, 0.1) is 10.1 Å². The molecule has 0 spiro atoms. The van der Waals surface area contributed by atoms with Crippen LogP contribution in [0.15, 0.2) is 30.9 Å². The normalized spacial score (nSPS) is 14.7. The highest BCUT2D eigenvalue weighted by Crippen LogP contribution is 2.27. The Labute approximate surface area is 139 Å². The summed E-state index contributed by atoms with van der Waals surface area (Å²) in [6.45, 7) is 2.54. The van der Waals surface area contributed by atoms with Crippen LogP contribution in [0.4, 0.5) is 5.69 Å². The highest BCUT2D eigenvalue weighted by molar-refractivity contribution is 5.95. The van der Waals surface area contributed by atoms with Gasteiger partial charge in [0.15, 0.2) is 0 Å². The van der Waals surface area contributed by atoms with E-state index in [4.69, 9.17) is 0 Å². The maximum absolute atomic E-state index is 12.8. The lowest BCUT2D eigenvalue weighted by atomic mass is 10.1. The van der Waals surface area contributed by atoms with E-state index in [0.717, 1.165) is 25.7 Å². The molecule has 1 amide bonds. The predicted molar refractivity (Wildman–Crippen MR) is 87.0 cm³/mol. The first-order chi connectivity index (χ1) is 11.6. The fourth-order valence-electron chi connectivity index (χ4n) is 3.28. The van der Waals surface area contributed by atoms with Gasteiger partial charge in [-0.1, -0.05) is 12.8 Å². The molecule has 3 rings (SSSR count). The van der Waals surface area contributed by atoms with Crippen LogP contribution in [0.2, 0.25) is 0 Å². The molecule has 1 saturated carbocycles. The van der Waals surface area contributed by atoms with Crippen LogP contribution in [0.5, 0.6) is 0 Å². The fourth-order valence-corrected chi connectivity index (χ4v) is 3.28. The standard InChI is InChI=1S/C16H19N5O3/c1-2-19(13-5-3-4-6-13)16(22)12-7-8-14(15(9-12)21(23)24)20-11-17-10-18-20/h7-11,13H,2-6H2,1H3. The molecule has 1 aromatic carbocycles. The molecule has 8 heteroatoms. The average Bonchev–Trinajstić information content (AvgIpc) is 3.28. The summed E-state index contributed by atoms with van der Waals surface area (Å²) >= 11 is 0. The van der Waals surface area contributed by atoms with Crippen molar-refractivity contribution in [3.8, 4) is 5.69 Å². The van der Waals surface area contributed by atoms with Gasteiger partial charge in [-0.15, -0.1) is 0 Å². The second-order valence-corrected chi connectivity index (χ2v) is 5.83. The second-order valence-electron chi connectivity index (χ2n) is 5.83.